The minimum atomic E-state index is -5.60. The van der Waals surface area contributed by atoms with Crippen LogP contribution in [0, 0.1) is 0 Å². The van der Waals surface area contributed by atoms with Crippen LogP contribution in [0.25, 0.3) is 10.8 Å². The van der Waals surface area contributed by atoms with Crippen LogP contribution in [0.15, 0.2) is 96.5 Å². The molecule has 1 aromatic heterocycles. The molecule has 37 heteroatoms. The Balaban J connectivity index is 0.00000578. The predicted molar refractivity (Wildman–Crippen MR) is 215 cm³/mol. The Labute approximate surface area is 482 Å². The molecule has 68 heavy (non-hydrogen) atoms. The first-order valence-corrected chi connectivity index (χ1v) is 26.1. The average molecular weight is 1120 g/mol. The van der Waals surface area contributed by atoms with Crippen LogP contribution in [0.4, 0.5) is 34.6 Å². The summed E-state index contributed by atoms with van der Waals surface area (Å²) in [6.45, 7) is -0.396. The quantitative estimate of drug-likeness (QED) is 0.0335. The molecule has 0 saturated heterocycles. The van der Waals surface area contributed by atoms with E-state index in [1.54, 1.807) is 6.92 Å². The van der Waals surface area contributed by atoms with E-state index in [0.717, 1.165) is 36.4 Å². The van der Waals surface area contributed by atoms with Gasteiger partial charge in [-0.3, -0.25) is 8.37 Å². The Bertz CT molecular complexity index is 3380. The Morgan fingerprint density at radius 1 is 0.676 bits per heavy atom. The van der Waals surface area contributed by atoms with E-state index >= 15 is 0 Å². The molecule has 5 rings (SSSR count). The van der Waals surface area contributed by atoms with Crippen molar-refractivity contribution in [2.75, 3.05) is 41.5 Å². The standard InChI is InChI=1S/C31H30ClN7O19S6.4Na/c1-2-39(20-4-3-5-22(16-20)60(43,44)13-11-58-64(54,55)56)31-35-29(32)34-30(36-31)33-24-17-23(61(45,46)47)14-18-15-25(62(48,49)50)27(28(40)26(18)24)38-37-19-6-8-21(9-7-19)59(41,42)12-10-57-63(51,52)53;;;;/h3-9,14-17,40H,2,10-13H2,1H3,(H,45,46,47)(H,48,49,50)(H,51,52,53)(H,54,55,56)(H,33,34,35,36);;;;/q;4*+1/p-4. The first-order valence-electron chi connectivity index (χ1n) is 17.0. The van der Waals surface area contributed by atoms with E-state index in [9.17, 15) is 73.8 Å². The molecule has 0 aliphatic heterocycles. The number of nitrogens with zero attached hydrogens (tertiary/aromatic N) is 6. The van der Waals surface area contributed by atoms with Gasteiger partial charge in [-0.25, -0.2) is 50.5 Å². The number of fused-ring (bicyclic) bond motifs is 1. The summed E-state index contributed by atoms with van der Waals surface area (Å²) in [4.78, 5) is 10.4. The van der Waals surface area contributed by atoms with Gasteiger partial charge in [0, 0.05) is 17.6 Å². The van der Waals surface area contributed by atoms with E-state index in [1.807, 2.05) is 0 Å². The van der Waals surface area contributed by atoms with Gasteiger partial charge in [-0.05, 0) is 84.6 Å². The van der Waals surface area contributed by atoms with Gasteiger partial charge >= 0.3 is 118 Å². The van der Waals surface area contributed by atoms with Crippen molar-refractivity contribution in [1.29, 1.82) is 0 Å². The molecule has 26 nitrogen and oxygen atoms in total. The zero-order chi connectivity index (χ0) is 47.6. The Kier molecular flexibility index (Phi) is 24.5. The van der Waals surface area contributed by atoms with Crippen molar-refractivity contribution in [2.45, 2.75) is 26.5 Å². The number of hydrogen-bond acceptors (Lipinski definition) is 26. The van der Waals surface area contributed by atoms with Crippen molar-refractivity contribution in [1.82, 2.24) is 15.0 Å². The minimum absolute atomic E-state index is 0. The van der Waals surface area contributed by atoms with Crippen LogP contribution in [0.2, 0.25) is 5.28 Å². The summed E-state index contributed by atoms with van der Waals surface area (Å²) in [6, 6.07) is 10.9. The number of aromatic nitrogens is 3. The van der Waals surface area contributed by atoms with Crippen molar-refractivity contribution in [3.8, 4) is 5.75 Å². The molecule has 1 heterocycles. The number of phenols is 1. The molecule has 346 valence electrons. The second kappa shape index (κ2) is 25.7. The van der Waals surface area contributed by atoms with Gasteiger partial charge in [0.1, 0.15) is 25.9 Å². The zero-order valence-electron chi connectivity index (χ0n) is 35.7. The predicted octanol–water partition coefficient (Wildman–Crippen LogP) is -9.97. The number of nitrogens with one attached hydrogen (secondary N) is 1. The Morgan fingerprint density at radius 2 is 1.24 bits per heavy atom. The van der Waals surface area contributed by atoms with E-state index in [1.165, 1.54) is 17.0 Å². The van der Waals surface area contributed by atoms with Crippen molar-refractivity contribution >= 4 is 118 Å². The number of benzene rings is 4. The fourth-order valence-corrected chi connectivity index (χ4v) is 9.80. The Hall–Kier alpha value is -1.10. The molecule has 0 radical (unpaired) electrons. The third-order valence-corrected chi connectivity index (χ3v) is 14.3. The van der Waals surface area contributed by atoms with Crippen molar-refractivity contribution < 1.29 is 200 Å². The van der Waals surface area contributed by atoms with Gasteiger partial charge in [0.25, 0.3) is 0 Å². The molecule has 0 aliphatic carbocycles. The molecule has 0 atom stereocenters. The number of sulfone groups is 2. The van der Waals surface area contributed by atoms with Crippen molar-refractivity contribution in [2.24, 2.45) is 10.2 Å². The first kappa shape index (κ1) is 64.9. The zero-order valence-corrected chi connectivity index (χ0v) is 49.3. The second-order valence-electron chi connectivity index (χ2n) is 12.4. The molecule has 0 fully saturated rings. The molecule has 0 saturated carbocycles. The number of rotatable bonds is 19. The van der Waals surface area contributed by atoms with Crippen molar-refractivity contribution in [3.05, 3.63) is 72.0 Å². The van der Waals surface area contributed by atoms with Gasteiger partial charge in [-0.15, -0.1) is 5.11 Å². The van der Waals surface area contributed by atoms with Gasteiger partial charge in [0.2, 0.25) is 38.0 Å². The van der Waals surface area contributed by atoms with Crippen LogP contribution in [-0.4, -0.2) is 120 Å². The molecular weight excluding hydrogens is 1090 g/mol. The number of aromatic hydroxyl groups is 1. The third kappa shape index (κ3) is 17.8. The maximum atomic E-state index is 12.9. The summed E-state index contributed by atoms with van der Waals surface area (Å²) in [5.41, 5.74) is -1.67. The molecule has 0 aliphatic rings. The van der Waals surface area contributed by atoms with E-state index in [-0.39, 0.29) is 147 Å². The minimum Gasteiger partial charge on any atom is -0.744 e. The summed E-state index contributed by atoms with van der Waals surface area (Å²) in [7, 11) is -29.8. The maximum absolute atomic E-state index is 12.9. The van der Waals surface area contributed by atoms with Crippen LogP contribution in [0.3, 0.4) is 0 Å². The van der Waals surface area contributed by atoms with Gasteiger partial charge in [0.15, 0.2) is 25.4 Å². The summed E-state index contributed by atoms with van der Waals surface area (Å²) in [6.07, 6.45) is 0. The molecule has 0 unspecified atom stereocenters. The molecule has 2 N–H and O–H groups in total. The number of halogens is 1. The normalized spacial score (nSPS) is 12.3. The smallest absolute Gasteiger partial charge is 0.744 e. The molecule has 0 spiro atoms. The van der Waals surface area contributed by atoms with Crippen LogP contribution in [-0.2, 0) is 69.1 Å². The summed E-state index contributed by atoms with van der Waals surface area (Å²) < 4.78 is 197. The van der Waals surface area contributed by atoms with E-state index < -0.39 is 139 Å². The molecule has 0 amide bonds. The Morgan fingerprint density at radius 3 is 1.75 bits per heavy atom. The maximum Gasteiger partial charge on any atom is 1.00 e. The van der Waals surface area contributed by atoms with Crippen LogP contribution >= 0.6 is 11.6 Å². The van der Waals surface area contributed by atoms with Gasteiger partial charge < -0.3 is 33.5 Å². The van der Waals surface area contributed by atoms with Crippen LogP contribution < -0.4 is 128 Å². The third-order valence-electron chi connectivity index (χ3n) is 8.19. The second-order valence-corrected chi connectivity index (χ2v) is 21.8. The van der Waals surface area contributed by atoms with E-state index in [4.69, 9.17) is 11.6 Å². The summed E-state index contributed by atoms with van der Waals surface area (Å²) >= 11 is 6.22. The molecule has 5 aromatic rings. The fraction of sp³-hybridized carbons (Fsp3) is 0.194. The first-order chi connectivity index (χ1) is 29.5. The molecule has 4 aromatic carbocycles. The topological polar surface area (TPSA) is 414 Å². The monoisotopic (exact) mass is 1120 g/mol. The fourth-order valence-electron chi connectivity index (χ4n) is 5.47. The van der Waals surface area contributed by atoms with Gasteiger partial charge in [-0.1, -0.05) is 6.07 Å². The summed E-state index contributed by atoms with van der Waals surface area (Å²) in [5, 5.41) is 19.9. The van der Waals surface area contributed by atoms with Crippen LogP contribution in [0.1, 0.15) is 6.92 Å². The number of anilines is 4. The van der Waals surface area contributed by atoms with Crippen molar-refractivity contribution in [3.63, 3.8) is 0 Å². The van der Waals surface area contributed by atoms with Gasteiger partial charge in [-0.2, -0.15) is 20.1 Å². The number of azo groups is 1. The average Bonchev–Trinajstić information content (AvgIpc) is 3.15. The van der Waals surface area contributed by atoms with Crippen LogP contribution in [0.5, 0.6) is 5.75 Å². The SMILES string of the molecule is CCN(c1cccc(S(=O)(=O)CCOS(=O)(=O)[O-])c1)c1nc(Cl)nc(Nc2cc(S(=O)(=O)[O-])cc3cc(S(=O)(=O)[O-])c(N=Nc4ccc(S(=O)(=O)CCOS(=O)(=O)[O-])cc4)c(O)c23)n1.[Na+].[Na+].[Na+].[Na+]. The summed E-state index contributed by atoms with van der Waals surface area (Å²) in [5.74, 6) is -3.80. The number of phenolic OH excluding ortho intramolecular Hbond substituents is 1. The van der Waals surface area contributed by atoms with Gasteiger partial charge in [0.05, 0.1) is 55.7 Å². The van der Waals surface area contributed by atoms with E-state index in [2.05, 4.69) is 38.9 Å². The number of hydrogen-bond donors (Lipinski definition) is 2. The largest absolute Gasteiger partial charge is 1.00 e. The molecular formula is C31H26ClN7Na4O19S6. The molecule has 0 bridgehead atoms. The van der Waals surface area contributed by atoms with E-state index in [0.29, 0.717) is 18.2 Å².